The van der Waals surface area contributed by atoms with Gasteiger partial charge in [0, 0.05) is 25.2 Å². The second-order valence-corrected chi connectivity index (χ2v) is 7.78. The molecule has 1 aromatic heterocycles. The van der Waals surface area contributed by atoms with Crippen LogP contribution in [-0.4, -0.2) is 54.8 Å². The lowest BCUT2D eigenvalue weighted by Crippen LogP contribution is -2.56. The molecule has 1 fully saturated rings. The second-order valence-electron chi connectivity index (χ2n) is 5.89. The molecule has 1 aliphatic heterocycles. The molecular formula is C16H22N4O3S. The fourth-order valence-corrected chi connectivity index (χ4v) is 4.53. The lowest BCUT2D eigenvalue weighted by atomic mass is 10.1. The van der Waals surface area contributed by atoms with Gasteiger partial charge in [-0.15, -0.1) is 0 Å². The number of sulfonamides is 1. The van der Waals surface area contributed by atoms with Crippen LogP contribution in [0.5, 0.6) is 5.75 Å². The van der Waals surface area contributed by atoms with Crippen molar-refractivity contribution in [1.29, 1.82) is 0 Å². The van der Waals surface area contributed by atoms with E-state index < -0.39 is 10.0 Å². The van der Waals surface area contributed by atoms with Crippen molar-refractivity contribution in [3.8, 4) is 11.4 Å². The highest BCUT2D eigenvalue weighted by Gasteiger charge is 2.35. The van der Waals surface area contributed by atoms with E-state index in [4.69, 9.17) is 4.74 Å². The maximum Gasteiger partial charge on any atom is 0.246 e. The summed E-state index contributed by atoms with van der Waals surface area (Å²) in [5, 5.41) is 7.50. The first-order chi connectivity index (χ1) is 11.4. The average molecular weight is 350 g/mol. The highest BCUT2D eigenvalue weighted by Crippen LogP contribution is 2.25. The monoisotopic (exact) mass is 350 g/mol. The minimum Gasteiger partial charge on any atom is -0.494 e. The number of ether oxygens (including phenoxy) is 1. The Morgan fingerprint density at radius 2 is 2.04 bits per heavy atom. The van der Waals surface area contributed by atoms with Gasteiger partial charge in [0.1, 0.15) is 16.3 Å². The minimum atomic E-state index is -3.58. The third-order valence-corrected chi connectivity index (χ3v) is 6.41. The molecule has 2 aromatic rings. The standard InChI is InChI=1S/C16H22N4O3S/c1-12-13(2)20(9-8-17-12)24(21,22)14-10-18-19(11-14)15-6-4-5-7-16(15)23-3/h4-7,10-13,17H,8-9H2,1-3H3. The number of rotatable bonds is 4. The van der Waals surface area contributed by atoms with Crippen molar-refractivity contribution in [2.24, 2.45) is 0 Å². The van der Waals surface area contributed by atoms with E-state index in [0.717, 1.165) is 0 Å². The number of para-hydroxylation sites is 2. The van der Waals surface area contributed by atoms with Gasteiger partial charge in [-0.05, 0) is 26.0 Å². The molecule has 2 unspecified atom stereocenters. The van der Waals surface area contributed by atoms with Crippen LogP contribution in [0.25, 0.3) is 5.69 Å². The molecule has 0 radical (unpaired) electrons. The van der Waals surface area contributed by atoms with E-state index in [2.05, 4.69) is 10.4 Å². The number of hydrogen-bond donors (Lipinski definition) is 1. The Morgan fingerprint density at radius 1 is 1.29 bits per heavy atom. The molecule has 8 heteroatoms. The van der Waals surface area contributed by atoms with Gasteiger partial charge in [-0.25, -0.2) is 13.1 Å². The molecule has 1 N–H and O–H groups in total. The van der Waals surface area contributed by atoms with Gasteiger partial charge in [0.25, 0.3) is 0 Å². The number of nitrogens with zero attached hydrogens (tertiary/aromatic N) is 3. The van der Waals surface area contributed by atoms with Gasteiger partial charge in [0.2, 0.25) is 10.0 Å². The summed E-state index contributed by atoms with van der Waals surface area (Å²) in [5.41, 5.74) is 0.697. The van der Waals surface area contributed by atoms with E-state index in [0.29, 0.717) is 24.5 Å². The van der Waals surface area contributed by atoms with Gasteiger partial charge in [-0.1, -0.05) is 12.1 Å². The Bertz CT molecular complexity index is 818. The summed E-state index contributed by atoms with van der Waals surface area (Å²) in [4.78, 5) is 0.189. The normalized spacial score (nSPS) is 22.5. The predicted octanol–water partition coefficient (Wildman–Crippen LogP) is 1.25. The van der Waals surface area contributed by atoms with E-state index in [1.807, 2.05) is 38.1 Å². The zero-order valence-electron chi connectivity index (χ0n) is 14.0. The van der Waals surface area contributed by atoms with Crippen LogP contribution in [0.1, 0.15) is 13.8 Å². The van der Waals surface area contributed by atoms with E-state index >= 15 is 0 Å². The number of methoxy groups -OCH3 is 1. The molecule has 1 aromatic carbocycles. The second kappa shape index (κ2) is 6.54. The largest absolute Gasteiger partial charge is 0.494 e. The third kappa shape index (κ3) is 2.92. The first-order valence-corrected chi connectivity index (χ1v) is 9.32. The van der Waals surface area contributed by atoms with Gasteiger partial charge in [0.15, 0.2) is 0 Å². The van der Waals surface area contributed by atoms with Crippen LogP contribution in [0, 0.1) is 0 Å². The van der Waals surface area contributed by atoms with Gasteiger partial charge in [-0.3, -0.25) is 0 Å². The fourth-order valence-electron chi connectivity index (χ4n) is 2.89. The van der Waals surface area contributed by atoms with Crippen molar-refractivity contribution < 1.29 is 13.2 Å². The number of aromatic nitrogens is 2. The summed E-state index contributed by atoms with van der Waals surface area (Å²) in [5.74, 6) is 0.633. The van der Waals surface area contributed by atoms with E-state index in [9.17, 15) is 8.42 Å². The van der Waals surface area contributed by atoms with Crippen molar-refractivity contribution in [3.63, 3.8) is 0 Å². The predicted molar refractivity (Wildman–Crippen MR) is 90.9 cm³/mol. The van der Waals surface area contributed by atoms with Gasteiger partial charge in [0.05, 0.1) is 19.5 Å². The molecule has 0 amide bonds. The first-order valence-electron chi connectivity index (χ1n) is 7.88. The molecule has 7 nitrogen and oxygen atoms in total. The zero-order chi connectivity index (χ0) is 17.3. The highest BCUT2D eigenvalue weighted by molar-refractivity contribution is 7.89. The van der Waals surface area contributed by atoms with Gasteiger partial charge in [-0.2, -0.15) is 9.40 Å². The first kappa shape index (κ1) is 16.9. The molecule has 3 rings (SSSR count). The van der Waals surface area contributed by atoms with Crippen molar-refractivity contribution in [2.45, 2.75) is 30.8 Å². The molecule has 2 atom stereocenters. The number of piperazine rings is 1. The summed E-state index contributed by atoms with van der Waals surface area (Å²) in [6.45, 7) is 5.00. The van der Waals surface area contributed by atoms with Crippen LogP contribution >= 0.6 is 0 Å². The van der Waals surface area contributed by atoms with Crippen LogP contribution in [0.4, 0.5) is 0 Å². The zero-order valence-corrected chi connectivity index (χ0v) is 14.8. The average Bonchev–Trinajstić information content (AvgIpc) is 3.08. The van der Waals surface area contributed by atoms with Crippen molar-refractivity contribution in [3.05, 3.63) is 36.7 Å². The maximum atomic E-state index is 13.0. The van der Waals surface area contributed by atoms with Crippen LogP contribution in [-0.2, 0) is 10.0 Å². The summed E-state index contributed by atoms with van der Waals surface area (Å²) in [7, 11) is -2.01. The molecule has 0 spiro atoms. The molecule has 0 saturated carbocycles. The summed E-state index contributed by atoms with van der Waals surface area (Å²) in [6, 6.07) is 7.35. The third-order valence-electron chi connectivity index (χ3n) is 4.47. The highest BCUT2D eigenvalue weighted by atomic mass is 32.2. The molecule has 130 valence electrons. The summed E-state index contributed by atoms with van der Waals surface area (Å²) >= 11 is 0. The van der Waals surface area contributed by atoms with Crippen LogP contribution in [0.3, 0.4) is 0 Å². The SMILES string of the molecule is COc1ccccc1-n1cc(S(=O)(=O)N2CCNC(C)C2C)cn1. The molecule has 1 aliphatic rings. The van der Waals surface area contributed by atoms with Crippen LogP contribution in [0.15, 0.2) is 41.6 Å². The lowest BCUT2D eigenvalue weighted by molar-refractivity contribution is 0.233. The smallest absolute Gasteiger partial charge is 0.246 e. The fraction of sp³-hybridized carbons (Fsp3) is 0.438. The Labute approximate surface area is 142 Å². The molecule has 0 aliphatic carbocycles. The number of hydrogen-bond acceptors (Lipinski definition) is 5. The lowest BCUT2D eigenvalue weighted by Gasteiger charge is -2.37. The number of benzene rings is 1. The molecule has 24 heavy (non-hydrogen) atoms. The quantitative estimate of drug-likeness (QED) is 0.898. The summed E-state index contributed by atoms with van der Waals surface area (Å²) < 4.78 is 34.3. The Kier molecular flexibility index (Phi) is 4.62. The Morgan fingerprint density at radius 3 is 2.79 bits per heavy atom. The number of nitrogens with one attached hydrogen (secondary N) is 1. The molecule has 0 bridgehead atoms. The Hall–Kier alpha value is -1.90. The molecular weight excluding hydrogens is 328 g/mol. The van der Waals surface area contributed by atoms with Crippen molar-refractivity contribution >= 4 is 10.0 Å². The van der Waals surface area contributed by atoms with Crippen molar-refractivity contribution in [1.82, 2.24) is 19.4 Å². The van der Waals surface area contributed by atoms with E-state index in [1.54, 1.807) is 7.11 Å². The van der Waals surface area contributed by atoms with E-state index in [-0.39, 0.29) is 17.0 Å². The van der Waals surface area contributed by atoms with Crippen LogP contribution in [0.2, 0.25) is 0 Å². The van der Waals surface area contributed by atoms with Gasteiger partial charge < -0.3 is 10.1 Å². The molecule has 1 saturated heterocycles. The minimum absolute atomic E-state index is 0.109. The topological polar surface area (TPSA) is 76.5 Å². The van der Waals surface area contributed by atoms with Gasteiger partial charge >= 0.3 is 0 Å². The summed E-state index contributed by atoms with van der Waals surface area (Å²) in [6.07, 6.45) is 2.92. The van der Waals surface area contributed by atoms with Crippen LogP contribution < -0.4 is 10.1 Å². The molecule has 2 heterocycles. The maximum absolute atomic E-state index is 13.0. The Balaban J connectivity index is 1.95. The van der Waals surface area contributed by atoms with Crippen molar-refractivity contribution in [2.75, 3.05) is 20.2 Å². The van der Waals surface area contributed by atoms with E-state index in [1.165, 1.54) is 21.4 Å².